The van der Waals surface area contributed by atoms with Gasteiger partial charge in [0, 0.05) is 12.2 Å². The molecular formula is C8H14O3. The zero-order valence-corrected chi connectivity index (χ0v) is 7.38. The third-order valence-electron chi connectivity index (χ3n) is 0.557. The van der Waals surface area contributed by atoms with Crippen LogP contribution in [0.15, 0.2) is 12.2 Å². The van der Waals surface area contributed by atoms with Crippen LogP contribution in [-0.4, -0.2) is 11.9 Å². The number of ether oxygens (including phenoxy) is 1. The third-order valence-corrected chi connectivity index (χ3v) is 0.557. The summed E-state index contributed by atoms with van der Waals surface area (Å²) < 4.78 is 3.97. The van der Waals surface area contributed by atoms with Crippen molar-refractivity contribution in [3.05, 3.63) is 12.2 Å². The zero-order valence-electron chi connectivity index (χ0n) is 7.38. The topological polar surface area (TPSA) is 43.4 Å². The van der Waals surface area contributed by atoms with E-state index in [2.05, 4.69) is 4.74 Å². The van der Waals surface area contributed by atoms with Gasteiger partial charge >= 0.3 is 11.9 Å². The first-order valence-corrected chi connectivity index (χ1v) is 3.73. The Bertz CT molecular complexity index is 131. The second kappa shape index (κ2) is 8.88. The van der Waals surface area contributed by atoms with Gasteiger partial charge in [-0.05, 0) is 0 Å². The van der Waals surface area contributed by atoms with E-state index in [9.17, 15) is 9.59 Å². The molecule has 64 valence electrons. The van der Waals surface area contributed by atoms with Gasteiger partial charge in [0.15, 0.2) is 0 Å². The molecule has 0 spiro atoms. The first kappa shape index (κ1) is 12.5. The van der Waals surface area contributed by atoms with E-state index in [0.717, 1.165) is 12.2 Å². The van der Waals surface area contributed by atoms with Crippen LogP contribution in [0.2, 0.25) is 0 Å². The van der Waals surface area contributed by atoms with Crippen LogP contribution in [0.1, 0.15) is 27.7 Å². The number of esters is 2. The van der Waals surface area contributed by atoms with Gasteiger partial charge < -0.3 is 4.74 Å². The summed E-state index contributed by atoms with van der Waals surface area (Å²) in [5.74, 6) is -1.16. The molecule has 0 amide bonds. The van der Waals surface area contributed by atoms with Gasteiger partial charge in [-0.2, -0.15) is 0 Å². The summed E-state index contributed by atoms with van der Waals surface area (Å²) in [6, 6.07) is 0. The highest BCUT2D eigenvalue weighted by atomic mass is 16.6. The zero-order chi connectivity index (χ0) is 9.28. The molecule has 0 aromatic rings. The number of rotatable bonds is 0. The van der Waals surface area contributed by atoms with Crippen LogP contribution in [0.4, 0.5) is 0 Å². The Morgan fingerprint density at radius 2 is 1.18 bits per heavy atom. The van der Waals surface area contributed by atoms with Crippen molar-refractivity contribution < 1.29 is 14.3 Å². The van der Waals surface area contributed by atoms with E-state index in [1.165, 1.54) is 0 Å². The molecule has 0 aliphatic carbocycles. The molecule has 0 saturated carbocycles. The van der Waals surface area contributed by atoms with Crippen molar-refractivity contribution in [2.45, 2.75) is 27.7 Å². The maximum atomic E-state index is 9.92. The lowest BCUT2D eigenvalue weighted by atomic mass is 10.6. The molecule has 1 rings (SSSR count). The van der Waals surface area contributed by atoms with Crippen LogP contribution in [0.5, 0.6) is 0 Å². The molecule has 1 aliphatic heterocycles. The Kier molecular flexibility index (Phi) is 10.1. The summed E-state index contributed by atoms with van der Waals surface area (Å²) in [5.41, 5.74) is 0. The third kappa shape index (κ3) is 6.77. The highest BCUT2D eigenvalue weighted by Gasteiger charge is 2.10. The Hall–Kier alpha value is -1.12. The van der Waals surface area contributed by atoms with Gasteiger partial charge in [-0.1, -0.05) is 27.7 Å². The smallest absolute Gasteiger partial charge is 0.338 e. The summed E-state index contributed by atoms with van der Waals surface area (Å²) in [4.78, 5) is 19.8. The van der Waals surface area contributed by atoms with Gasteiger partial charge in [0.05, 0.1) is 0 Å². The van der Waals surface area contributed by atoms with Crippen molar-refractivity contribution in [3.63, 3.8) is 0 Å². The van der Waals surface area contributed by atoms with Crippen molar-refractivity contribution >= 4 is 11.9 Å². The predicted octanol–water partition coefficient (Wildman–Crippen LogP) is 1.68. The van der Waals surface area contributed by atoms with Gasteiger partial charge in [-0.25, -0.2) is 9.59 Å². The molecule has 0 N–H and O–H groups in total. The van der Waals surface area contributed by atoms with Crippen molar-refractivity contribution in [2.24, 2.45) is 0 Å². The molecular weight excluding hydrogens is 144 g/mol. The van der Waals surface area contributed by atoms with Crippen LogP contribution in [0.25, 0.3) is 0 Å². The second-order valence-electron chi connectivity index (χ2n) is 1.07. The summed E-state index contributed by atoms with van der Waals surface area (Å²) in [6.07, 6.45) is 2.17. The normalized spacial score (nSPS) is 12.4. The van der Waals surface area contributed by atoms with E-state index in [1.54, 1.807) is 0 Å². The molecule has 0 aromatic heterocycles. The molecule has 11 heavy (non-hydrogen) atoms. The van der Waals surface area contributed by atoms with Crippen LogP contribution >= 0.6 is 0 Å². The summed E-state index contributed by atoms with van der Waals surface area (Å²) in [7, 11) is 0. The van der Waals surface area contributed by atoms with E-state index in [-0.39, 0.29) is 0 Å². The van der Waals surface area contributed by atoms with E-state index < -0.39 is 11.9 Å². The molecule has 0 fully saturated rings. The highest BCUT2D eigenvalue weighted by molar-refractivity contribution is 6.04. The minimum Gasteiger partial charge on any atom is -0.387 e. The van der Waals surface area contributed by atoms with Crippen LogP contribution in [0.3, 0.4) is 0 Å². The van der Waals surface area contributed by atoms with Crippen LogP contribution < -0.4 is 0 Å². The lowest BCUT2D eigenvalue weighted by Crippen LogP contribution is -1.96. The summed E-state index contributed by atoms with van der Waals surface area (Å²) in [6.45, 7) is 8.00. The molecule has 0 saturated heterocycles. The first-order chi connectivity index (χ1) is 5.29. The van der Waals surface area contributed by atoms with Gasteiger partial charge in [0.1, 0.15) is 0 Å². The van der Waals surface area contributed by atoms with Gasteiger partial charge in [0.25, 0.3) is 0 Å². The summed E-state index contributed by atoms with van der Waals surface area (Å²) >= 11 is 0. The van der Waals surface area contributed by atoms with Gasteiger partial charge in [-0.15, -0.1) is 0 Å². The van der Waals surface area contributed by atoms with E-state index >= 15 is 0 Å². The first-order valence-electron chi connectivity index (χ1n) is 3.73. The van der Waals surface area contributed by atoms with Crippen molar-refractivity contribution in [1.82, 2.24) is 0 Å². The lowest BCUT2D eigenvalue weighted by molar-refractivity contribution is -0.150. The van der Waals surface area contributed by atoms with E-state index in [0.29, 0.717) is 0 Å². The molecule has 3 heteroatoms. The lowest BCUT2D eigenvalue weighted by Gasteiger charge is -1.80. The Morgan fingerprint density at radius 3 is 1.27 bits per heavy atom. The number of hydrogen-bond donors (Lipinski definition) is 0. The standard InChI is InChI=1S/C4H2O3.2C2H6/c5-3-1-2-4(6)7-3;2*1-2/h1-2H;2*1-2H3. The average molecular weight is 158 g/mol. The molecule has 0 aromatic carbocycles. The van der Waals surface area contributed by atoms with Crippen molar-refractivity contribution in [3.8, 4) is 0 Å². The number of hydrogen-bond acceptors (Lipinski definition) is 3. The number of carbonyl (C=O) groups excluding carboxylic acids is 2. The maximum Gasteiger partial charge on any atom is 0.338 e. The predicted molar refractivity (Wildman–Crippen MR) is 42.9 cm³/mol. The molecule has 1 aliphatic rings. The molecule has 3 nitrogen and oxygen atoms in total. The second-order valence-corrected chi connectivity index (χ2v) is 1.07. The largest absolute Gasteiger partial charge is 0.387 e. The average Bonchev–Trinajstić information content (AvgIpc) is 2.43. The molecule has 0 bridgehead atoms. The van der Waals surface area contributed by atoms with Crippen LogP contribution in [0, 0.1) is 0 Å². The monoisotopic (exact) mass is 158 g/mol. The highest BCUT2D eigenvalue weighted by Crippen LogP contribution is 1.92. The van der Waals surface area contributed by atoms with E-state index in [4.69, 9.17) is 0 Å². The molecule has 0 atom stereocenters. The van der Waals surface area contributed by atoms with Gasteiger partial charge in [0.2, 0.25) is 0 Å². The fourth-order valence-corrected chi connectivity index (χ4v) is 0.303. The van der Waals surface area contributed by atoms with Gasteiger partial charge in [-0.3, -0.25) is 0 Å². The minimum atomic E-state index is -0.579. The number of carbonyl (C=O) groups is 2. The minimum absolute atomic E-state index is 0.579. The molecule has 0 radical (unpaired) electrons. The maximum absolute atomic E-state index is 9.92. The molecule has 1 heterocycles. The SMILES string of the molecule is CC.CC.O=C1C=CC(=O)O1. The Morgan fingerprint density at radius 1 is 0.909 bits per heavy atom. The number of cyclic esters (lactones) is 2. The quantitative estimate of drug-likeness (QED) is 0.398. The fourth-order valence-electron chi connectivity index (χ4n) is 0.303. The van der Waals surface area contributed by atoms with Crippen molar-refractivity contribution in [2.75, 3.05) is 0 Å². The fraction of sp³-hybridized carbons (Fsp3) is 0.500. The Labute approximate surface area is 67.0 Å². The van der Waals surface area contributed by atoms with Crippen LogP contribution in [-0.2, 0) is 14.3 Å². The Balaban J connectivity index is 0. The van der Waals surface area contributed by atoms with Crippen molar-refractivity contribution in [1.29, 1.82) is 0 Å². The molecule has 0 unspecified atom stereocenters. The van der Waals surface area contributed by atoms with E-state index in [1.807, 2.05) is 27.7 Å². The summed E-state index contributed by atoms with van der Waals surface area (Å²) in [5, 5.41) is 0.